The molecule has 0 unspecified atom stereocenters. The van der Waals surface area contributed by atoms with Crippen LogP contribution in [0.25, 0.3) is 0 Å². The van der Waals surface area contributed by atoms with Crippen molar-refractivity contribution in [3.8, 4) is 0 Å². The van der Waals surface area contributed by atoms with Crippen molar-refractivity contribution in [1.82, 2.24) is 0 Å². The summed E-state index contributed by atoms with van der Waals surface area (Å²) in [4.78, 5) is 11.7. The van der Waals surface area contributed by atoms with Crippen LogP contribution in [0.1, 0.15) is 44.6 Å². The molecule has 2 nitrogen and oxygen atoms in total. The summed E-state index contributed by atoms with van der Waals surface area (Å²) in [6, 6.07) is 4.93. The van der Waals surface area contributed by atoms with Crippen molar-refractivity contribution in [3.63, 3.8) is 0 Å². The van der Waals surface area contributed by atoms with E-state index in [-0.39, 0.29) is 23.6 Å². The van der Waals surface area contributed by atoms with E-state index >= 15 is 0 Å². The van der Waals surface area contributed by atoms with Crippen LogP contribution < -0.4 is 5.32 Å². The summed E-state index contributed by atoms with van der Waals surface area (Å²) >= 11 is 0. The summed E-state index contributed by atoms with van der Waals surface area (Å²) in [5, 5.41) is 2.77. The molecule has 2 rings (SSSR count). The minimum Gasteiger partial charge on any atom is -0.326 e. The molecule has 17 heavy (non-hydrogen) atoms. The fourth-order valence-corrected chi connectivity index (χ4v) is 1.99. The molecule has 0 saturated heterocycles. The summed E-state index contributed by atoms with van der Waals surface area (Å²) in [5.74, 6) is 0.0635. The molecular formula is C14H18FNO. The molecule has 0 bridgehead atoms. The van der Waals surface area contributed by atoms with Gasteiger partial charge in [-0.2, -0.15) is 0 Å². The monoisotopic (exact) mass is 235 g/mol. The largest absolute Gasteiger partial charge is 0.326 e. The Morgan fingerprint density at radius 2 is 2.12 bits per heavy atom. The van der Waals surface area contributed by atoms with E-state index in [2.05, 4.69) is 5.32 Å². The predicted molar refractivity (Wildman–Crippen MR) is 66.5 cm³/mol. The number of anilines is 1. The van der Waals surface area contributed by atoms with Gasteiger partial charge in [-0.15, -0.1) is 0 Å². The highest BCUT2D eigenvalue weighted by Gasteiger charge is 2.25. The van der Waals surface area contributed by atoms with Gasteiger partial charge in [0, 0.05) is 11.6 Å². The van der Waals surface area contributed by atoms with E-state index in [4.69, 9.17) is 0 Å². The van der Waals surface area contributed by atoms with E-state index in [1.807, 2.05) is 13.8 Å². The summed E-state index contributed by atoms with van der Waals surface area (Å²) in [5.41, 5.74) is 1.25. The zero-order valence-corrected chi connectivity index (χ0v) is 10.3. The second-order valence-corrected chi connectivity index (χ2v) is 5.01. The average Bonchev–Trinajstić information content (AvgIpc) is 2.13. The maximum atomic E-state index is 13.7. The Hall–Kier alpha value is -1.38. The van der Waals surface area contributed by atoms with Crippen molar-refractivity contribution in [2.75, 3.05) is 5.32 Å². The Bertz CT molecular complexity index is 424. The Labute approximate surface area is 101 Å². The molecule has 1 saturated carbocycles. The van der Waals surface area contributed by atoms with E-state index in [0.717, 1.165) is 19.3 Å². The van der Waals surface area contributed by atoms with E-state index < -0.39 is 0 Å². The van der Waals surface area contributed by atoms with Gasteiger partial charge >= 0.3 is 0 Å². The highest BCUT2D eigenvalue weighted by atomic mass is 19.1. The van der Waals surface area contributed by atoms with Crippen LogP contribution in [0, 0.1) is 11.7 Å². The normalized spacial score (nSPS) is 15.8. The van der Waals surface area contributed by atoms with Gasteiger partial charge in [0.1, 0.15) is 5.82 Å². The zero-order valence-electron chi connectivity index (χ0n) is 10.3. The molecule has 0 spiro atoms. The van der Waals surface area contributed by atoms with Crippen LogP contribution in [0.4, 0.5) is 10.1 Å². The smallest absolute Gasteiger partial charge is 0.227 e. The van der Waals surface area contributed by atoms with Crippen LogP contribution in [-0.2, 0) is 4.79 Å². The van der Waals surface area contributed by atoms with E-state index in [1.54, 1.807) is 12.1 Å². The molecule has 1 aromatic rings. The lowest BCUT2D eigenvalue weighted by Gasteiger charge is -2.24. The Morgan fingerprint density at radius 1 is 1.41 bits per heavy atom. The Balaban J connectivity index is 2.06. The SMILES string of the molecule is CC(C)c1ccc(NC(=O)C2CCC2)cc1F. The van der Waals surface area contributed by atoms with Gasteiger partial charge in [-0.05, 0) is 36.5 Å². The third-order valence-electron chi connectivity index (χ3n) is 3.37. The van der Waals surface area contributed by atoms with Crippen LogP contribution in [0.2, 0.25) is 0 Å². The zero-order chi connectivity index (χ0) is 12.4. The molecule has 1 amide bonds. The van der Waals surface area contributed by atoms with Crippen LogP contribution in [0.15, 0.2) is 18.2 Å². The maximum absolute atomic E-state index is 13.7. The van der Waals surface area contributed by atoms with Gasteiger partial charge in [-0.25, -0.2) is 4.39 Å². The Kier molecular flexibility index (Phi) is 3.46. The van der Waals surface area contributed by atoms with Gasteiger partial charge in [0.05, 0.1) is 0 Å². The van der Waals surface area contributed by atoms with Gasteiger partial charge in [0.15, 0.2) is 0 Å². The topological polar surface area (TPSA) is 29.1 Å². The van der Waals surface area contributed by atoms with E-state index in [1.165, 1.54) is 6.07 Å². The molecule has 1 N–H and O–H groups in total. The molecule has 0 radical (unpaired) electrons. The Morgan fingerprint density at radius 3 is 2.59 bits per heavy atom. The number of halogens is 1. The third kappa shape index (κ3) is 2.65. The molecule has 1 aliphatic rings. The number of carbonyl (C=O) groups excluding carboxylic acids is 1. The molecule has 3 heteroatoms. The molecule has 92 valence electrons. The van der Waals surface area contributed by atoms with Crippen LogP contribution in [0.5, 0.6) is 0 Å². The first-order valence-electron chi connectivity index (χ1n) is 6.18. The molecule has 0 aliphatic heterocycles. The molecule has 1 aromatic carbocycles. The van der Waals surface area contributed by atoms with Crippen molar-refractivity contribution in [2.45, 2.75) is 39.0 Å². The van der Waals surface area contributed by atoms with Crippen LogP contribution in [0.3, 0.4) is 0 Å². The summed E-state index contributed by atoms with van der Waals surface area (Å²) in [6.45, 7) is 3.90. The predicted octanol–water partition coefficient (Wildman–Crippen LogP) is 3.69. The minimum atomic E-state index is -0.244. The lowest BCUT2D eigenvalue weighted by Crippen LogP contribution is -2.28. The second kappa shape index (κ2) is 4.86. The molecule has 0 atom stereocenters. The van der Waals surface area contributed by atoms with Crippen molar-refractivity contribution in [3.05, 3.63) is 29.6 Å². The molecule has 1 fully saturated rings. The second-order valence-electron chi connectivity index (χ2n) is 5.01. The number of hydrogen-bond acceptors (Lipinski definition) is 1. The number of benzene rings is 1. The van der Waals surface area contributed by atoms with Crippen molar-refractivity contribution >= 4 is 11.6 Å². The molecule has 1 aliphatic carbocycles. The first kappa shape index (κ1) is 12.1. The summed E-state index contributed by atoms with van der Waals surface area (Å²) < 4.78 is 13.7. The van der Waals surface area contributed by atoms with Crippen LogP contribution >= 0.6 is 0 Å². The van der Waals surface area contributed by atoms with Crippen molar-refractivity contribution in [1.29, 1.82) is 0 Å². The maximum Gasteiger partial charge on any atom is 0.227 e. The standard InChI is InChI=1S/C14H18FNO/c1-9(2)12-7-6-11(8-13(12)15)16-14(17)10-4-3-5-10/h6-10H,3-5H2,1-2H3,(H,16,17). The van der Waals surface area contributed by atoms with Crippen LogP contribution in [-0.4, -0.2) is 5.91 Å². The lowest BCUT2D eigenvalue weighted by atomic mass is 9.85. The van der Waals surface area contributed by atoms with E-state index in [9.17, 15) is 9.18 Å². The highest BCUT2D eigenvalue weighted by molar-refractivity contribution is 5.93. The van der Waals surface area contributed by atoms with Crippen molar-refractivity contribution in [2.24, 2.45) is 5.92 Å². The minimum absolute atomic E-state index is 0.0212. The molecular weight excluding hydrogens is 217 g/mol. The average molecular weight is 235 g/mol. The third-order valence-corrected chi connectivity index (χ3v) is 3.37. The van der Waals surface area contributed by atoms with E-state index in [0.29, 0.717) is 11.3 Å². The summed E-state index contributed by atoms with van der Waals surface area (Å²) in [6.07, 6.45) is 3.04. The quantitative estimate of drug-likeness (QED) is 0.850. The number of carbonyl (C=O) groups is 1. The van der Waals surface area contributed by atoms with Gasteiger partial charge in [-0.3, -0.25) is 4.79 Å². The van der Waals surface area contributed by atoms with Crippen molar-refractivity contribution < 1.29 is 9.18 Å². The van der Waals surface area contributed by atoms with Gasteiger partial charge < -0.3 is 5.32 Å². The molecule has 0 heterocycles. The van der Waals surface area contributed by atoms with Gasteiger partial charge in [0.25, 0.3) is 0 Å². The lowest BCUT2D eigenvalue weighted by molar-refractivity contribution is -0.122. The summed E-state index contributed by atoms with van der Waals surface area (Å²) in [7, 11) is 0. The fourth-order valence-electron chi connectivity index (χ4n) is 1.99. The van der Waals surface area contributed by atoms with Gasteiger partial charge in [-0.1, -0.05) is 26.3 Å². The first-order valence-corrected chi connectivity index (χ1v) is 6.18. The van der Waals surface area contributed by atoms with Gasteiger partial charge in [0.2, 0.25) is 5.91 Å². The number of nitrogens with one attached hydrogen (secondary N) is 1. The fraction of sp³-hybridized carbons (Fsp3) is 0.500. The first-order chi connectivity index (χ1) is 8.08. The number of amides is 1. The number of hydrogen-bond donors (Lipinski definition) is 1. The number of rotatable bonds is 3. The molecule has 0 aromatic heterocycles. The highest BCUT2D eigenvalue weighted by Crippen LogP contribution is 2.28.